The van der Waals surface area contributed by atoms with Crippen molar-refractivity contribution in [1.29, 1.82) is 5.26 Å². The molecule has 0 aromatic heterocycles. The van der Waals surface area contributed by atoms with Crippen molar-refractivity contribution in [2.24, 2.45) is 0 Å². The van der Waals surface area contributed by atoms with Gasteiger partial charge in [-0.3, -0.25) is 0 Å². The number of halogens is 3. The Bertz CT molecular complexity index is 1000. The number of hydrogen-bond donors (Lipinski definition) is 1. The van der Waals surface area contributed by atoms with Gasteiger partial charge in [-0.2, -0.15) is 5.26 Å². The highest BCUT2D eigenvalue weighted by atomic mass is 19.4. The van der Waals surface area contributed by atoms with Crippen molar-refractivity contribution in [2.75, 3.05) is 25.1 Å². The van der Waals surface area contributed by atoms with Gasteiger partial charge in [0, 0.05) is 11.3 Å². The molecule has 0 heterocycles. The summed E-state index contributed by atoms with van der Waals surface area (Å²) < 4.78 is 57.5. The Morgan fingerprint density at radius 3 is 2.30 bits per heavy atom. The quantitative estimate of drug-likeness (QED) is 0.522. The average Bonchev–Trinajstić information content (AvgIpc) is 2.76. The van der Waals surface area contributed by atoms with Crippen molar-refractivity contribution in [3.8, 4) is 17.6 Å². The first kappa shape index (κ1) is 25.3. The third kappa shape index (κ3) is 7.92. The third-order valence-electron chi connectivity index (χ3n) is 4.02. The standard InChI is InChI=1S/C22H21F3N2O6/c1-3-30-19(28)13-32-18-10-9-16(33-22(23,24)25)11-17(18)20(21(29)31-4-2)27-15-7-5-14(12-26)6-8-15/h5-11,20,27H,3-4,13H2,1-2H3. The fourth-order valence-corrected chi connectivity index (χ4v) is 2.72. The second-order valence-corrected chi connectivity index (χ2v) is 6.36. The molecule has 2 aromatic rings. The summed E-state index contributed by atoms with van der Waals surface area (Å²) in [6, 6.07) is 9.73. The predicted octanol–water partition coefficient (Wildman–Crippen LogP) is 4.12. The lowest BCUT2D eigenvalue weighted by molar-refractivity contribution is -0.274. The number of rotatable bonds is 10. The lowest BCUT2D eigenvalue weighted by atomic mass is 10.0. The van der Waals surface area contributed by atoms with E-state index in [-0.39, 0.29) is 24.5 Å². The highest BCUT2D eigenvalue weighted by Gasteiger charge is 2.33. The molecule has 0 spiro atoms. The van der Waals surface area contributed by atoms with Crippen LogP contribution in [-0.4, -0.2) is 38.1 Å². The van der Waals surface area contributed by atoms with E-state index in [1.807, 2.05) is 6.07 Å². The van der Waals surface area contributed by atoms with E-state index in [0.717, 1.165) is 18.2 Å². The Morgan fingerprint density at radius 2 is 1.73 bits per heavy atom. The van der Waals surface area contributed by atoms with Gasteiger partial charge >= 0.3 is 18.3 Å². The maximum Gasteiger partial charge on any atom is 0.573 e. The Labute approximate surface area is 187 Å². The van der Waals surface area contributed by atoms with E-state index in [4.69, 9.17) is 19.5 Å². The Balaban J connectivity index is 2.47. The van der Waals surface area contributed by atoms with Crippen molar-refractivity contribution in [3.05, 3.63) is 53.6 Å². The number of ether oxygens (including phenoxy) is 4. The zero-order valence-electron chi connectivity index (χ0n) is 17.8. The van der Waals surface area contributed by atoms with Crippen molar-refractivity contribution in [1.82, 2.24) is 0 Å². The minimum absolute atomic E-state index is 0.00212. The van der Waals surface area contributed by atoms with Gasteiger partial charge in [0.15, 0.2) is 12.6 Å². The number of hydrogen-bond acceptors (Lipinski definition) is 8. The first-order chi connectivity index (χ1) is 15.7. The van der Waals surface area contributed by atoms with Crippen LogP contribution in [0.2, 0.25) is 0 Å². The van der Waals surface area contributed by atoms with Crippen molar-refractivity contribution in [2.45, 2.75) is 26.3 Å². The van der Waals surface area contributed by atoms with E-state index in [1.54, 1.807) is 13.8 Å². The first-order valence-corrected chi connectivity index (χ1v) is 9.78. The summed E-state index contributed by atoms with van der Waals surface area (Å²) in [6.07, 6.45) is -4.97. The van der Waals surface area contributed by atoms with Gasteiger partial charge < -0.3 is 24.3 Å². The second-order valence-electron chi connectivity index (χ2n) is 6.36. The van der Waals surface area contributed by atoms with Gasteiger partial charge in [-0.05, 0) is 56.3 Å². The average molecular weight is 466 g/mol. The Kier molecular flexibility index (Phi) is 8.91. The van der Waals surface area contributed by atoms with E-state index >= 15 is 0 Å². The summed E-state index contributed by atoms with van der Waals surface area (Å²) in [4.78, 5) is 24.4. The molecular formula is C22H21F3N2O6. The summed E-state index contributed by atoms with van der Waals surface area (Å²) in [7, 11) is 0. The van der Waals surface area contributed by atoms with Crippen LogP contribution in [0.4, 0.5) is 18.9 Å². The lowest BCUT2D eigenvalue weighted by Gasteiger charge is -2.22. The van der Waals surface area contributed by atoms with Crippen molar-refractivity contribution in [3.63, 3.8) is 0 Å². The van der Waals surface area contributed by atoms with Gasteiger partial charge in [0.25, 0.3) is 0 Å². The van der Waals surface area contributed by atoms with Crippen molar-refractivity contribution < 1.29 is 41.7 Å². The number of benzene rings is 2. The van der Waals surface area contributed by atoms with E-state index in [0.29, 0.717) is 11.3 Å². The Hall–Kier alpha value is -3.94. The van der Waals surface area contributed by atoms with Gasteiger partial charge in [0.2, 0.25) is 0 Å². The van der Waals surface area contributed by atoms with Crippen LogP contribution in [0.5, 0.6) is 11.5 Å². The minimum atomic E-state index is -4.97. The summed E-state index contributed by atoms with van der Waals surface area (Å²) in [5.41, 5.74) is 0.682. The maximum atomic E-state index is 12.8. The first-order valence-electron chi connectivity index (χ1n) is 9.78. The molecule has 8 nitrogen and oxygen atoms in total. The van der Waals surface area contributed by atoms with Crippen LogP contribution in [0.25, 0.3) is 0 Å². The van der Waals surface area contributed by atoms with Gasteiger partial charge in [-0.1, -0.05) is 0 Å². The monoisotopic (exact) mass is 466 g/mol. The van der Waals surface area contributed by atoms with Crippen LogP contribution in [0.15, 0.2) is 42.5 Å². The smallest absolute Gasteiger partial charge is 0.482 e. The minimum Gasteiger partial charge on any atom is -0.482 e. The summed E-state index contributed by atoms with van der Waals surface area (Å²) in [5.74, 6) is -2.17. The summed E-state index contributed by atoms with van der Waals surface area (Å²) in [6.45, 7) is 2.75. The van der Waals surface area contributed by atoms with Crippen LogP contribution >= 0.6 is 0 Å². The van der Waals surface area contributed by atoms with Crippen LogP contribution in [0, 0.1) is 11.3 Å². The molecule has 0 saturated heterocycles. The molecule has 33 heavy (non-hydrogen) atoms. The molecule has 0 fully saturated rings. The lowest BCUT2D eigenvalue weighted by Crippen LogP contribution is -2.25. The zero-order chi connectivity index (χ0) is 24.4. The zero-order valence-corrected chi connectivity index (χ0v) is 17.8. The number of alkyl halides is 3. The molecule has 11 heteroatoms. The Morgan fingerprint density at radius 1 is 1.06 bits per heavy atom. The number of carbonyl (C=O) groups excluding carboxylic acids is 2. The fourth-order valence-electron chi connectivity index (χ4n) is 2.72. The van der Waals surface area contributed by atoms with Crippen LogP contribution < -0.4 is 14.8 Å². The normalized spacial score (nSPS) is 11.6. The van der Waals surface area contributed by atoms with E-state index < -0.39 is 36.7 Å². The molecule has 0 saturated carbocycles. The molecule has 2 rings (SSSR count). The molecule has 0 bridgehead atoms. The summed E-state index contributed by atoms with van der Waals surface area (Å²) >= 11 is 0. The second kappa shape index (κ2) is 11.6. The van der Waals surface area contributed by atoms with Gasteiger partial charge in [0.1, 0.15) is 11.5 Å². The van der Waals surface area contributed by atoms with Crippen LogP contribution in [0.3, 0.4) is 0 Å². The molecule has 1 unspecified atom stereocenters. The number of nitriles is 1. The van der Waals surface area contributed by atoms with E-state index in [1.165, 1.54) is 24.3 Å². The fraction of sp³-hybridized carbons (Fsp3) is 0.318. The SMILES string of the molecule is CCOC(=O)COc1ccc(OC(F)(F)F)cc1C(Nc1ccc(C#N)cc1)C(=O)OCC. The number of nitrogens with one attached hydrogen (secondary N) is 1. The number of anilines is 1. The van der Waals surface area contributed by atoms with Crippen LogP contribution in [0.1, 0.15) is 31.0 Å². The van der Waals surface area contributed by atoms with Crippen molar-refractivity contribution >= 4 is 17.6 Å². The molecule has 0 aliphatic rings. The number of esters is 2. The largest absolute Gasteiger partial charge is 0.573 e. The molecule has 0 radical (unpaired) electrons. The molecule has 0 amide bonds. The van der Waals surface area contributed by atoms with E-state index in [2.05, 4.69) is 10.1 Å². The highest BCUT2D eigenvalue weighted by Crippen LogP contribution is 2.34. The predicted molar refractivity (Wildman–Crippen MR) is 109 cm³/mol. The third-order valence-corrected chi connectivity index (χ3v) is 4.02. The molecular weight excluding hydrogens is 445 g/mol. The summed E-state index contributed by atoms with van der Waals surface area (Å²) in [5, 5.41) is 11.8. The molecule has 176 valence electrons. The van der Waals surface area contributed by atoms with Gasteiger partial charge in [-0.25, -0.2) is 9.59 Å². The topological polar surface area (TPSA) is 107 Å². The van der Waals surface area contributed by atoms with Gasteiger partial charge in [0.05, 0.1) is 24.8 Å². The number of nitrogens with zero attached hydrogens (tertiary/aromatic N) is 1. The molecule has 1 atom stereocenters. The molecule has 0 aliphatic heterocycles. The highest BCUT2D eigenvalue weighted by molar-refractivity contribution is 5.82. The van der Waals surface area contributed by atoms with E-state index in [9.17, 15) is 22.8 Å². The van der Waals surface area contributed by atoms with Crippen LogP contribution in [-0.2, 0) is 19.1 Å². The molecule has 1 N–H and O–H groups in total. The van der Waals surface area contributed by atoms with Gasteiger partial charge in [-0.15, -0.1) is 13.2 Å². The molecule has 0 aliphatic carbocycles. The number of carbonyl (C=O) groups is 2. The molecule has 2 aromatic carbocycles. The maximum absolute atomic E-state index is 12.8.